The molecule has 0 saturated heterocycles. The number of benzene rings is 1. The number of sulfonamides is 1. The Kier molecular flexibility index (Phi) is 6.93. The average molecular weight is 402 g/mol. The van der Waals surface area contributed by atoms with Crippen molar-refractivity contribution in [3.8, 4) is 0 Å². The summed E-state index contributed by atoms with van der Waals surface area (Å²) in [7, 11) is -3.29. The molecule has 3 rings (SSSR count). The largest absolute Gasteiger partial charge is 0.327 e. The van der Waals surface area contributed by atoms with Crippen LogP contribution in [-0.2, 0) is 14.8 Å². The number of amides is 1. The van der Waals surface area contributed by atoms with E-state index >= 15 is 0 Å². The van der Waals surface area contributed by atoms with Crippen molar-refractivity contribution >= 4 is 39.7 Å². The second kappa shape index (κ2) is 8.59. The minimum Gasteiger partial charge on any atom is -0.327 e. The molecule has 26 heavy (non-hydrogen) atoms. The average Bonchev–Trinajstić information content (AvgIpc) is 2.56. The maximum atomic E-state index is 12.6. The predicted octanol–water partition coefficient (Wildman–Crippen LogP) is 2.96. The fourth-order valence-corrected chi connectivity index (χ4v) is 4.76. The van der Waals surface area contributed by atoms with Crippen LogP contribution in [0.5, 0.6) is 0 Å². The third-order valence-corrected chi connectivity index (χ3v) is 6.90. The first-order valence-corrected chi connectivity index (χ1v) is 10.7. The van der Waals surface area contributed by atoms with E-state index in [1.54, 1.807) is 31.2 Å². The molecule has 0 spiro atoms. The monoisotopic (exact) mass is 401 g/mol. The van der Waals surface area contributed by atoms with E-state index in [0.717, 1.165) is 25.7 Å². The maximum absolute atomic E-state index is 12.6. The molecule has 4 N–H and O–H groups in total. The molecule has 146 valence electrons. The molecule has 1 aromatic rings. The van der Waals surface area contributed by atoms with Gasteiger partial charge in [-0.05, 0) is 68.7 Å². The highest BCUT2D eigenvalue weighted by Gasteiger charge is 2.40. The summed E-state index contributed by atoms with van der Waals surface area (Å²) >= 11 is 0. The predicted molar refractivity (Wildman–Crippen MR) is 107 cm³/mol. The molecule has 8 heteroatoms. The third-order valence-electron chi connectivity index (χ3n) is 5.59. The number of fused-ring (bicyclic) bond motifs is 2. The van der Waals surface area contributed by atoms with Crippen molar-refractivity contribution in [3.63, 3.8) is 0 Å². The zero-order valence-electron chi connectivity index (χ0n) is 15.0. The third kappa shape index (κ3) is 4.90. The van der Waals surface area contributed by atoms with Gasteiger partial charge in [0, 0.05) is 23.3 Å². The Morgan fingerprint density at radius 2 is 1.65 bits per heavy atom. The molecule has 0 aliphatic heterocycles. The number of rotatable bonds is 5. The van der Waals surface area contributed by atoms with E-state index in [1.165, 1.54) is 6.42 Å². The molecule has 0 heterocycles. The van der Waals surface area contributed by atoms with Crippen LogP contribution in [0.2, 0.25) is 0 Å². The highest BCUT2D eigenvalue weighted by Crippen LogP contribution is 2.42. The Labute approximate surface area is 161 Å². The summed E-state index contributed by atoms with van der Waals surface area (Å²) in [6.45, 7) is 1.59. The van der Waals surface area contributed by atoms with Gasteiger partial charge in [0.25, 0.3) is 0 Å². The van der Waals surface area contributed by atoms with Crippen LogP contribution in [0.1, 0.15) is 39.0 Å². The van der Waals surface area contributed by atoms with Gasteiger partial charge in [-0.2, -0.15) is 0 Å². The first-order chi connectivity index (χ1) is 11.9. The SMILES string of the molecule is CCS(=O)(=O)Nc1ccc(NC(=O)C2CC3CCCC(C2)C3N)cc1.Cl. The Morgan fingerprint density at radius 3 is 2.19 bits per heavy atom. The zero-order valence-corrected chi connectivity index (χ0v) is 16.6. The molecule has 0 aromatic heterocycles. The fourth-order valence-electron chi connectivity index (χ4n) is 4.12. The van der Waals surface area contributed by atoms with Crippen molar-refractivity contribution in [2.24, 2.45) is 23.5 Å². The van der Waals surface area contributed by atoms with Gasteiger partial charge < -0.3 is 11.1 Å². The smallest absolute Gasteiger partial charge is 0.232 e. The van der Waals surface area contributed by atoms with Gasteiger partial charge in [0.05, 0.1) is 5.75 Å². The Morgan fingerprint density at radius 1 is 1.12 bits per heavy atom. The van der Waals surface area contributed by atoms with E-state index in [-0.39, 0.29) is 36.0 Å². The van der Waals surface area contributed by atoms with Gasteiger partial charge >= 0.3 is 0 Å². The van der Waals surface area contributed by atoms with Crippen LogP contribution < -0.4 is 15.8 Å². The molecule has 0 radical (unpaired) electrons. The molecule has 2 unspecified atom stereocenters. The fraction of sp³-hybridized carbons (Fsp3) is 0.611. The number of carbonyl (C=O) groups excluding carboxylic acids is 1. The summed E-state index contributed by atoms with van der Waals surface area (Å²) in [5, 5.41) is 2.96. The summed E-state index contributed by atoms with van der Waals surface area (Å²) in [5.74, 6) is 1.03. The van der Waals surface area contributed by atoms with Crippen molar-refractivity contribution in [1.82, 2.24) is 0 Å². The standard InChI is InChI=1S/C18H27N3O3S.ClH/c1-2-25(23,24)21-16-8-6-15(7-9-16)20-18(22)14-10-12-4-3-5-13(11-14)17(12)19;/h6-9,12-14,17,21H,2-5,10-11,19H2,1H3,(H,20,22);1H. The van der Waals surface area contributed by atoms with Gasteiger partial charge in [-0.3, -0.25) is 9.52 Å². The molecular weight excluding hydrogens is 374 g/mol. The number of halogens is 1. The Hall–Kier alpha value is -1.31. The number of hydrogen-bond donors (Lipinski definition) is 3. The topological polar surface area (TPSA) is 101 Å². The van der Waals surface area contributed by atoms with E-state index in [0.29, 0.717) is 23.2 Å². The minimum atomic E-state index is -3.29. The highest BCUT2D eigenvalue weighted by atomic mass is 35.5. The number of carbonyl (C=O) groups is 1. The molecule has 2 fully saturated rings. The lowest BCUT2D eigenvalue weighted by molar-refractivity contribution is -0.122. The van der Waals surface area contributed by atoms with E-state index in [4.69, 9.17) is 5.73 Å². The van der Waals surface area contributed by atoms with Crippen molar-refractivity contribution in [2.75, 3.05) is 15.8 Å². The molecule has 2 saturated carbocycles. The Bertz CT molecular complexity index is 710. The van der Waals surface area contributed by atoms with Gasteiger partial charge in [0.1, 0.15) is 0 Å². The van der Waals surface area contributed by atoms with Crippen molar-refractivity contribution in [1.29, 1.82) is 0 Å². The lowest BCUT2D eigenvalue weighted by Crippen LogP contribution is -2.48. The van der Waals surface area contributed by atoms with Crippen LogP contribution in [0.25, 0.3) is 0 Å². The van der Waals surface area contributed by atoms with Crippen LogP contribution in [0, 0.1) is 17.8 Å². The molecule has 1 amide bonds. The lowest BCUT2D eigenvalue weighted by atomic mass is 9.65. The molecule has 2 aliphatic rings. The van der Waals surface area contributed by atoms with E-state index < -0.39 is 10.0 Å². The molecule has 2 bridgehead atoms. The molecule has 6 nitrogen and oxygen atoms in total. The molecule has 1 aromatic carbocycles. The van der Waals surface area contributed by atoms with Crippen molar-refractivity contribution in [3.05, 3.63) is 24.3 Å². The first-order valence-electron chi connectivity index (χ1n) is 9.05. The van der Waals surface area contributed by atoms with E-state index in [1.807, 2.05) is 0 Å². The number of hydrogen-bond acceptors (Lipinski definition) is 4. The minimum absolute atomic E-state index is 0. The number of nitrogens with two attached hydrogens (primary N) is 1. The normalized spacial score (nSPS) is 27.9. The quantitative estimate of drug-likeness (QED) is 0.705. The molecule has 2 atom stereocenters. The van der Waals surface area contributed by atoms with Crippen LogP contribution in [0.3, 0.4) is 0 Å². The van der Waals surface area contributed by atoms with Crippen LogP contribution >= 0.6 is 12.4 Å². The highest BCUT2D eigenvalue weighted by molar-refractivity contribution is 7.92. The molecule has 2 aliphatic carbocycles. The summed E-state index contributed by atoms with van der Waals surface area (Å²) in [4.78, 5) is 12.6. The van der Waals surface area contributed by atoms with E-state index in [2.05, 4.69) is 10.0 Å². The Balaban J connectivity index is 0.00000243. The summed E-state index contributed by atoms with van der Waals surface area (Å²) in [6.07, 6.45) is 5.24. The maximum Gasteiger partial charge on any atom is 0.232 e. The summed E-state index contributed by atoms with van der Waals surface area (Å²) in [6, 6.07) is 7.02. The lowest BCUT2D eigenvalue weighted by Gasteiger charge is -2.43. The first kappa shape index (κ1) is 21.0. The van der Waals surface area contributed by atoms with Crippen molar-refractivity contribution < 1.29 is 13.2 Å². The van der Waals surface area contributed by atoms with Crippen LogP contribution in [0.15, 0.2) is 24.3 Å². The second-order valence-electron chi connectivity index (χ2n) is 7.27. The van der Waals surface area contributed by atoms with Gasteiger partial charge in [-0.1, -0.05) is 6.42 Å². The second-order valence-corrected chi connectivity index (χ2v) is 9.28. The van der Waals surface area contributed by atoms with Gasteiger partial charge in [0.15, 0.2) is 0 Å². The zero-order chi connectivity index (χ0) is 18.0. The van der Waals surface area contributed by atoms with Crippen LogP contribution in [-0.4, -0.2) is 26.1 Å². The number of nitrogens with one attached hydrogen (secondary N) is 2. The van der Waals surface area contributed by atoms with Crippen molar-refractivity contribution in [2.45, 2.75) is 45.1 Å². The van der Waals surface area contributed by atoms with E-state index in [9.17, 15) is 13.2 Å². The van der Waals surface area contributed by atoms with Crippen LogP contribution in [0.4, 0.5) is 11.4 Å². The summed E-state index contributed by atoms with van der Waals surface area (Å²) < 4.78 is 25.6. The van der Waals surface area contributed by atoms with Gasteiger partial charge in [-0.15, -0.1) is 12.4 Å². The number of anilines is 2. The van der Waals surface area contributed by atoms with Gasteiger partial charge in [-0.25, -0.2) is 8.42 Å². The molecular formula is C18H28ClN3O3S. The van der Waals surface area contributed by atoms with Gasteiger partial charge in [0.2, 0.25) is 15.9 Å². The summed E-state index contributed by atoms with van der Waals surface area (Å²) in [5.41, 5.74) is 7.47.